The first-order chi connectivity index (χ1) is 11.6. The maximum absolute atomic E-state index is 11.6. The number of hydrogen-bond donors (Lipinski definition) is 1. The number of benzene rings is 1. The zero-order valence-electron chi connectivity index (χ0n) is 13.0. The van der Waals surface area contributed by atoms with E-state index in [4.69, 9.17) is 11.6 Å². The second kappa shape index (κ2) is 7.29. The van der Waals surface area contributed by atoms with E-state index in [-0.39, 0.29) is 5.15 Å². The predicted molar refractivity (Wildman–Crippen MR) is 98.1 cm³/mol. The fourth-order valence-electron chi connectivity index (χ4n) is 2.05. The van der Waals surface area contributed by atoms with Gasteiger partial charge in [-0.3, -0.25) is 0 Å². The Kier molecular flexibility index (Phi) is 5.13. The number of carbonyl (C=O) groups excluding carboxylic acids is 1. The van der Waals surface area contributed by atoms with E-state index in [0.29, 0.717) is 16.6 Å². The van der Waals surface area contributed by atoms with E-state index in [0.717, 1.165) is 21.1 Å². The molecule has 1 N–H and O–H groups in total. The van der Waals surface area contributed by atoms with E-state index < -0.39 is 5.97 Å². The molecule has 2 heterocycles. The summed E-state index contributed by atoms with van der Waals surface area (Å²) in [5, 5.41) is 4.91. The molecule has 2 aromatic heterocycles. The molecule has 8 heteroatoms. The molecule has 3 aromatic rings. The first-order valence-electron chi connectivity index (χ1n) is 7.08. The fraction of sp³-hybridized carbons (Fsp3) is 0.188. The number of hydrogen-bond acceptors (Lipinski definition) is 7. The van der Waals surface area contributed by atoms with Gasteiger partial charge in [0.25, 0.3) is 0 Å². The third-order valence-corrected chi connectivity index (χ3v) is 5.86. The van der Waals surface area contributed by atoms with E-state index in [2.05, 4.69) is 20.0 Å². The highest BCUT2D eigenvalue weighted by atomic mass is 35.5. The standard InChI is InChI=1S/C16H14ClN3O2S2/c1-9-11(23-14(19-9)10-6-4-3-5-7-10)8-18-16-20-13(17)12(24-16)15(21)22-2/h3-7H,8H2,1-2H3,(H,18,20). The first-order valence-corrected chi connectivity index (χ1v) is 9.10. The van der Waals surface area contributed by atoms with Gasteiger partial charge in [0, 0.05) is 10.4 Å². The number of rotatable bonds is 5. The maximum Gasteiger partial charge on any atom is 0.351 e. The zero-order chi connectivity index (χ0) is 17.1. The van der Waals surface area contributed by atoms with Crippen LogP contribution in [-0.4, -0.2) is 23.0 Å². The SMILES string of the molecule is COC(=O)c1sc(NCc2sc(-c3ccccc3)nc2C)nc1Cl. The van der Waals surface area contributed by atoms with Crippen LogP contribution in [0, 0.1) is 6.92 Å². The van der Waals surface area contributed by atoms with Gasteiger partial charge < -0.3 is 10.1 Å². The Morgan fingerprint density at radius 1 is 1.25 bits per heavy atom. The van der Waals surface area contributed by atoms with Gasteiger partial charge in [-0.25, -0.2) is 14.8 Å². The van der Waals surface area contributed by atoms with E-state index >= 15 is 0 Å². The molecular formula is C16H14ClN3O2S2. The predicted octanol–water partition coefficient (Wildman–Crippen LogP) is 4.63. The first kappa shape index (κ1) is 16.9. The minimum absolute atomic E-state index is 0.153. The smallest absolute Gasteiger partial charge is 0.351 e. The number of carbonyl (C=O) groups is 1. The molecule has 0 amide bonds. The summed E-state index contributed by atoms with van der Waals surface area (Å²) < 4.78 is 4.68. The van der Waals surface area contributed by atoms with Gasteiger partial charge in [-0.2, -0.15) is 0 Å². The summed E-state index contributed by atoms with van der Waals surface area (Å²) in [6.07, 6.45) is 0. The van der Waals surface area contributed by atoms with Crippen LogP contribution >= 0.6 is 34.3 Å². The lowest BCUT2D eigenvalue weighted by atomic mass is 10.2. The van der Waals surface area contributed by atoms with Crippen molar-refractivity contribution in [1.29, 1.82) is 0 Å². The third-order valence-electron chi connectivity index (χ3n) is 3.27. The molecule has 0 saturated carbocycles. The molecule has 0 saturated heterocycles. The topological polar surface area (TPSA) is 64.1 Å². The van der Waals surface area contributed by atoms with Gasteiger partial charge in [-0.1, -0.05) is 53.3 Å². The van der Waals surface area contributed by atoms with Crippen molar-refractivity contribution in [2.75, 3.05) is 12.4 Å². The quantitative estimate of drug-likeness (QED) is 0.655. The van der Waals surface area contributed by atoms with E-state index in [1.807, 2.05) is 37.3 Å². The van der Waals surface area contributed by atoms with Gasteiger partial charge in [0.1, 0.15) is 5.01 Å². The van der Waals surface area contributed by atoms with Crippen molar-refractivity contribution >= 4 is 45.4 Å². The lowest BCUT2D eigenvalue weighted by Gasteiger charge is -2.00. The van der Waals surface area contributed by atoms with Crippen molar-refractivity contribution in [2.24, 2.45) is 0 Å². The van der Waals surface area contributed by atoms with Gasteiger partial charge in [0.05, 0.1) is 19.3 Å². The number of nitrogens with zero attached hydrogens (tertiary/aromatic N) is 2. The molecule has 0 radical (unpaired) electrons. The van der Waals surface area contributed by atoms with Crippen molar-refractivity contribution in [2.45, 2.75) is 13.5 Å². The molecule has 0 spiro atoms. The Morgan fingerprint density at radius 2 is 2.00 bits per heavy atom. The van der Waals surface area contributed by atoms with Crippen LogP contribution in [0.15, 0.2) is 30.3 Å². The molecule has 0 unspecified atom stereocenters. The van der Waals surface area contributed by atoms with Gasteiger partial charge in [0.15, 0.2) is 15.2 Å². The lowest BCUT2D eigenvalue weighted by molar-refractivity contribution is 0.0606. The highest BCUT2D eigenvalue weighted by Crippen LogP contribution is 2.30. The van der Waals surface area contributed by atoms with Gasteiger partial charge in [-0.05, 0) is 6.92 Å². The number of aromatic nitrogens is 2. The van der Waals surface area contributed by atoms with Crippen LogP contribution in [0.5, 0.6) is 0 Å². The molecule has 1 aromatic carbocycles. The van der Waals surface area contributed by atoms with Crippen LogP contribution in [0.1, 0.15) is 20.2 Å². The largest absolute Gasteiger partial charge is 0.465 e. The van der Waals surface area contributed by atoms with Crippen LogP contribution in [0.2, 0.25) is 5.15 Å². The number of anilines is 1. The monoisotopic (exact) mass is 379 g/mol. The Balaban J connectivity index is 1.74. The van der Waals surface area contributed by atoms with E-state index in [1.165, 1.54) is 18.4 Å². The average Bonchev–Trinajstić information content (AvgIpc) is 3.16. The molecule has 3 rings (SSSR count). The Hall–Kier alpha value is -1.96. The number of aryl methyl sites for hydroxylation is 1. The van der Waals surface area contributed by atoms with E-state index in [1.54, 1.807) is 11.3 Å². The van der Waals surface area contributed by atoms with Crippen molar-refractivity contribution < 1.29 is 9.53 Å². The number of halogens is 1. The Bertz CT molecular complexity index is 862. The van der Waals surface area contributed by atoms with Crippen molar-refractivity contribution in [3.8, 4) is 10.6 Å². The second-order valence-corrected chi connectivity index (χ2v) is 7.32. The zero-order valence-corrected chi connectivity index (χ0v) is 15.4. The van der Waals surface area contributed by atoms with Crippen LogP contribution in [-0.2, 0) is 11.3 Å². The Morgan fingerprint density at radius 3 is 2.71 bits per heavy atom. The number of esters is 1. The highest BCUT2D eigenvalue weighted by molar-refractivity contribution is 7.18. The highest BCUT2D eigenvalue weighted by Gasteiger charge is 2.17. The van der Waals surface area contributed by atoms with Crippen LogP contribution in [0.3, 0.4) is 0 Å². The molecule has 24 heavy (non-hydrogen) atoms. The van der Waals surface area contributed by atoms with Crippen LogP contribution < -0.4 is 5.32 Å². The normalized spacial score (nSPS) is 10.6. The van der Waals surface area contributed by atoms with Gasteiger partial charge >= 0.3 is 5.97 Å². The molecule has 0 bridgehead atoms. The summed E-state index contributed by atoms with van der Waals surface area (Å²) in [4.78, 5) is 21.7. The van der Waals surface area contributed by atoms with E-state index in [9.17, 15) is 4.79 Å². The van der Waals surface area contributed by atoms with Crippen molar-refractivity contribution in [3.05, 3.63) is 50.9 Å². The molecule has 0 aliphatic carbocycles. The Labute approximate surface area is 152 Å². The van der Waals surface area contributed by atoms with Crippen molar-refractivity contribution in [1.82, 2.24) is 9.97 Å². The summed E-state index contributed by atoms with van der Waals surface area (Å²) in [6, 6.07) is 10.1. The fourth-order valence-corrected chi connectivity index (χ4v) is 4.15. The minimum atomic E-state index is -0.481. The number of methoxy groups -OCH3 is 1. The summed E-state index contributed by atoms with van der Waals surface area (Å²) in [5.41, 5.74) is 2.07. The summed E-state index contributed by atoms with van der Waals surface area (Å²) >= 11 is 8.77. The lowest BCUT2D eigenvalue weighted by Crippen LogP contribution is -1.98. The van der Waals surface area contributed by atoms with Crippen LogP contribution in [0.4, 0.5) is 5.13 Å². The number of nitrogens with one attached hydrogen (secondary N) is 1. The van der Waals surface area contributed by atoms with Gasteiger partial charge in [0.2, 0.25) is 0 Å². The average molecular weight is 380 g/mol. The summed E-state index contributed by atoms with van der Waals surface area (Å²) in [7, 11) is 1.32. The van der Waals surface area contributed by atoms with Gasteiger partial charge in [-0.15, -0.1) is 11.3 Å². The minimum Gasteiger partial charge on any atom is -0.465 e. The maximum atomic E-state index is 11.6. The number of ether oxygens (including phenoxy) is 1. The summed E-state index contributed by atoms with van der Waals surface area (Å²) in [6.45, 7) is 2.55. The van der Waals surface area contributed by atoms with Crippen molar-refractivity contribution in [3.63, 3.8) is 0 Å². The summed E-state index contributed by atoms with van der Waals surface area (Å²) in [5.74, 6) is -0.481. The number of thiazole rings is 2. The molecular weight excluding hydrogens is 366 g/mol. The molecule has 5 nitrogen and oxygen atoms in total. The third kappa shape index (κ3) is 3.58. The molecule has 0 atom stereocenters. The second-order valence-electron chi connectivity index (χ2n) is 4.88. The molecule has 124 valence electrons. The molecule has 0 fully saturated rings. The van der Waals surface area contributed by atoms with Crippen LogP contribution in [0.25, 0.3) is 10.6 Å². The molecule has 0 aliphatic heterocycles. The molecule has 0 aliphatic rings.